The van der Waals surface area contributed by atoms with Gasteiger partial charge in [0.1, 0.15) is 0 Å². The molecule has 0 aromatic carbocycles. The maximum absolute atomic E-state index is 9.47. The Morgan fingerprint density at radius 1 is 1.57 bits per heavy atom. The van der Waals surface area contributed by atoms with Crippen molar-refractivity contribution in [2.75, 3.05) is 19.0 Å². The molecule has 1 atom stereocenters. The van der Waals surface area contributed by atoms with E-state index in [0.717, 1.165) is 5.03 Å². The summed E-state index contributed by atoms with van der Waals surface area (Å²) in [6.07, 6.45) is 1.33. The highest BCUT2D eigenvalue weighted by molar-refractivity contribution is 7.99. The van der Waals surface area contributed by atoms with Gasteiger partial charge in [0.2, 0.25) is 0 Å². The summed E-state index contributed by atoms with van der Waals surface area (Å²) < 4.78 is 5.10. The fourth-order valence-corrected chi connectivity index (χ4v) is 1.69. The second kappa shape index (κ2) is 6.81. The molecule has 0 aliphatic rings. The van der Waals surface area contributed by atoms with Crippen molar-refractivity contribution >= 4 is 11.8 Å². The quantitative estimate of drug-likeness (QED) is 0.728. The Morgan fingerprint density at radius 3 is 3.07 bits per heavy atom. The van der Waals surface area contributed by atoms with E-state index in [0.29, 0.717) is 19.0 Å². The average molecular weight is 213 g/mol. The van der Waals surface area contributed by atoms with Crippen molar-refractivity contribution in [2.45, 2.75) is 18.1 Å². The molecule has 1 heterocycles. The molecule has 1 rings (SSSR count). The largest absolute Gasteiger partial charge is 0.390 e. The number of thioether (sulfide) groups is 1. The van der Waals surface area contributed by atoms with Crippen molar-refractivity contribution in [1.82, 2.24) is 4.98 Å². The van der Waals surface area contributed by atoms with Crippen LogP contribution in [0.2, 0.25) is 0 Å². The van der Waals surface area contributed by atoms with Gasteiger partial charge in [-0.3, -0.25) is 0 Å². The molecular weight excluding hydrogens is 198 g/mol. The SMILES string of the molecule is CCOCC(O)CSc1ccccn1. The molecule has 0 saturated heterocycles. The summed E-state index contributed by atoms with van der Waals surface area (Å²) in [7, 11) is 0. The van der Waals surface area contributed by atoms with Crippen LogP contribution in [0.1, 0.15) is 6.92 Å². The van der Waals surface area contributed by atoms with Gasteiger partial charge in [-0.2, -0.15) is 0 Å². The highest BCUT2D eigenvalue weighted by atomic mass is 32.2. The monoisotopic (exact) mass is 213 g/mol. The fraction of sp³-hybridized carbons (Fsp3) is 0.500. The van der Waals surface area contributed by atoms with Crippen LogP contribution < -0.4 is 0 Å². The van der Waals surface area contributed by atoms with Crippen LogP contribution in [-0.4, -0.2) is 35.2 Å². The summed E-state index contributed by atoms with van der Waals surface area (Å²) in [6, 6.07) is 5.74. The number of nitrogens with zero attached hydrogens (tertiary/aromatic N) is 1. The smallest absolute Gasteiger partial charge is 0.0960 e. The van der Waals surface area contributed by atoms with Crippen LogP contribution in [-0.2, 0) is 4.74 Å². The molecule has 0 fully saturated rings. The minimum absolute atomic E-state index is 0.399. The van der Waals surface area contributed by atoms with Crippen LogP contribution in [0.5, 0.6) is 0 Å². The summed E-state index contributed by atoms with van der Waals surface area (Å²) in [5.74, 6) is 0.622. The Kier molecular flexibility index (Phi) is 5.59. The predicted molar refractivity (Wildman–Crippen MR) is 57.5 cm³/mol. The summed E-state index contributed by atoms with van der Waals surface area (Å²) in [4.78, 5) is 4.14. The fourth-order valence-electron chi connectivity index (χ4n) is 0.916. The highest BCUT2D eigenvalue weighted by Crippen LogP contribution is 2.14. The number of pyridine rings is 1. The zero-order valence-electron chi connectivity index (χ0n) is 8.22. The van der Waals surface area contributed by atoms with Crippen LogP contribution in [0.3, 0.4) is 0 Å². The van der Waals surface area contributed by atoms with Crippen LogP contribution in [0, 0.1) is 0 Å². The first-order chi connectivity index (χ1) is 6.83. The van der Waals surface area contributed by atoms with E-state index >= 15 is 0 Å². The van der Waals surface area contributed by atoms with Gasteiger partial charge >= 0.3 is 0 Å². The molecule has 0 bridgehead atoms. The predicted octanol–water partition coefficient (Wildman–Crippen LogP) is 1.57. The summed E-state index contributed by atoms with van der Waals surface area (Å²) >= 11 is 1.54. The van der Waals surface area contributed by atoms with Crippen molar-refractivity contribution in [1.29, 1.82) is 0 Å². The Morgan fingerprint density at radius 2 is 2.43 bits per heavy atom. The first-order valence-electron chi connectivity index (χ1n) is 4.62. The van der Waals surface area contributed by atoms with Crippen molar-refractivity contribution in [3.8, 4) is 0 Å². The van der Waals surface area contributed by atoms with Gasteiger partial charge in [-0.1, -0.05) is 6.07 Å². The first-order valence-corrected chi connectivity index (χ1v) is 5.61. The molecule has 1 aromatic rings. The number of aliphatic hydroxyl groups excluding tert-OH is 1. The molecule has 0 aliphatic carbocycles. The zero-order valence-corrected chi connectivity index (χ0v) is 9.04. The van der Waals surface area contributed by atoms with Crippen molar-refractivity contribution in [2.24, 2.45) is 0 Å². The standard InChI is InChI=1S/C10H15NO2S/c1-2-13-7-9(12)8-14-10-5-3-4-6-11-10/h3-6,9,12H,2,7-8H2,1H3. The van der Waals surface area contributed by atoms with Crippen molar-refractivity contribution < 1.29 is 9.84 Å². The van der Waals surface area contributed by atoms with E-state index < -0.39 is 6.10 Å². The molecule has 0 saturated carbocycles. The van der Waals surface area contributed by atoms with E-state index in [4.69, 9.17) is 4.74 Å². The lowest BCUT2D eigenvalue weighted by molar-refractivity contribution is 0.0551. The molecule has 1 aromatic heterocycles. The van der Waals surface area contributed by atoms with Gasteiger partial charge < -0.3 is 9.84 Å². The third kappa shape index (κ3) is 4.60. The van der Waals surface area contributed by atoms with Crippen molar-refractivity contribution in [3.05, 3.63) is 24.4 Å². The third-order valence-corrected chi connectivity index (χ3v) is 2.66. The van der Waals surface area contributed by atoms with Crippen LogP contribution in [0.15, 0.2) is 29.4 Å². The van der Waals surface area contributed by atoms with Gasteiger partial charge in [-0.25, -0.2) is 4.98 Å². The molecule has 3 nitrogen and oxygen atoms in total. The Hall–Kier alpha value is -0.580. The third-order valence-electron chi connectivity index (χ3n) is 1.58. The first kappa shape index (κ1) is 11.5. The highest BCUT2D eigenvalue weighted by Gasteiger charge is 2.04. The Labute approximate surface area is 88.5 Å². The Balaban J connectivity index is 2.20. The molecule has 0 radical (unpaired) electrons. The minimum Gasteiger partial charge on any atom is -0.390 e. The molecule has 14 heavy (non-hydrogen) atoms. The van der Waals surface area contributed by atoms with Crippen LogP contribution >= 0.6 is 11.8 Å². The van der Waals surface area contributed by atoms with E-state index in [-0.39, 0.29) is 0 Å². The van der Waals surface area contributed by atoms with E-state index in [9.17, 15) is 5.11 Å². The summed E-state index contributed by atoms with van der Waals surface area (Å²) in [5.41, 5.74) is 0. The second-order valence-corrected chi connectivity index (χ2v) is 3.83. The van der Waals surface area contributed by atoms with Gasteiger partial charge in [0, 0.05) is 18.6 Å². The average Bonchev–Trinajstić information content (AvgIpc) is 2.25. The molecule has 1 N–H and O–H groups in total. The molecule has 4 heteroatoms. The van der Waals surface area contributed by atoms with Gasteiger partial charge in [-0.05, 0) is 19.1 Å². The molecule has 0 amide bonds. The lowest BCUT2D eigenvalue weighted by Gasteiger charge is -2.08. The van der Waals surface area contributed by atoms with E-state index in [2.05, 4.69) is 4.98 Å². The normalized spacial score (nSPS) is 12.7. The summed E-state index contributed by atoms with van der Waals surface area (Å²) in [6.45, 7) is 2.96. The van der Waals surface area contributed by atoms with Gasteiger partial charge in [0.25, 0.3) is 0 Å². The summed E-state index contributed by atoms with van der Waals surface area (Å²) in [5, 5.41) is 10.4. The van der Waals surface area contributed by atoms with Gasteiger partial charge in [0.05, 0.1) is 17.7 Å². The maximum atomic E-state index is 9.47. The number of aromatic nitrogens is 1. The van der Waals surface area contributed by atoms with Crippen LogP contribution in [0.4, 0.5) is 0 Å². The van der Waals surface area contributed by atoms with Gasteiger partial charge in [0.15, 0.2) is 0 Å². The molecule has 1 unspecified atom stereocenters. The number of ether oxygens (including phenoxy) is 1. The zero-order chi connectivity index (χ0) is 10.2. The number of aliphatic hydroxyl groups is 1. The minimum atomic E-state index is -0.415. The second-order valence-electron chi connectivity index (χ2n) is 2.79. The lowest BCUT2D eigenvalue weighted by atomic mass is 10.4. The number of rotatable bonds is 6. The van der Waals surface area contributed by atoms with Crippen LogP contribution in [0.25, 0.3) is 0 Å². The van der Waals surface area contributed by atoms with E-state index in [1.807, 2.05) is 25.1 Å². The Bertz CT molecular complexity index is 243. The molecule has 0 aliphatic heterocycles. The molecular formula is C10H15NO2S. The topological polar surface area (TPSA) is 42.4 Å². The molecule has 78 valence electrons. The molecule has 0 spiro atoms. The number of hydrogen-bond acceptors (Lipinski definition) is 4. The lowest BCUT2D eigenvalue weighted by Crippen LogP contribution is -2.17. The number of hydrogen-bond donors (Lipinski definition) is 1. The van der Waals surface area contributed by atoms with E-state index in [1.54, 1.807) is 6.20 Å². The maximum Gasteiger partial charge on any atom is 0.0960 e. The van der Waals surface area contributed by atoms with E-state index in [1.165, 1.54) is 11.8 Å². The van der Waals surface area contributed by atoms with Gasteiger partial charge in [-0.15, -0.1) is 11.8 Å². The van der Waals surface area contributed by atoms with Crippen molar-refractivity contribution in [3.63, 3.8) is 0 Å².